The van der Waals surface area contributed by atoms with Gasteiger partial charge in [0, 0.05) is 0 Å². The molecule has 1 rings (SSSR count). The first-order chi connectivity index (χ1) is 6.86. The van der Waals surface area contributed by atoms with Gasteiger partial charge in [-0.25, -0.2) is 0 Å². The van der Waals surface area contributed by atoms with E-state index in [2.05, 4.69) is 0 Å². The Bertz CT molecular complexity index is 278. The summed E-state index contributed by atoms with van der Waals surface area (Å²) in [6.45, 7) is 3.07. The van der Waals surface area contributed by atoms with Gasteiger partial charge in [0.25, 0.3) is 0 Å². The van der Waals surface area contributed by atoms with Crippen LogP contribution < -0.4 is 0 Å². The van der Waals surface area contributed by atoms with Crippen LogP contribution in [0.2, 0.25) is 0 Å². The highest BCUT2D eigenvalue weighted by atomic mass is 16.5. The van der Waals surface area contributed by atoms with Gasteiger partial charge >= 0.3 is 0 Å². The first-order valence-electron chi connectivity index (χ1n) is 4.73. The molecule has 0 aliphatic heterocycles. The van der Waals surface area contributed by atoms with E-state index in [9.17, 15) is 0 Å². The van der Waals surface area contributed by atoms with Crippen molar-refractivity contribution in [3.05, 3.63) is 47.5 Å². The second-order valence-electron chi connectivity index (χ2n) is 3.08. The van der Waals surface area contributed by atoms with Crippen LogP contribution in [0.25, 0.3) is 0 Å². The van der Waals surface area contributed by atoms with Crippen molar-refractivity contribution in [1.29, 1.82) is 0 Å². The Kier molecular flexibility index (Phi) is 4.97. The van der Waals surface area contributed by atoms with E-state index in [1.165, 1.54) is 0 Å². The normalized spacial score (nSPS) is 11.7. The van der Waals surface area contributed by atoms with Gasteiger partial charge in [-0.2, -0.15) is 0 Å². The lowest BCUT2D eigenvalue weighted by Crippen LogP contribution is -2.01. The highest BCUT2D eigenvalue weighted by molar-refractivity contribution is 5.13. The largest absolute Gasteiger partial charge is 0.392 e. The standard InChI is InChI=1S/C12H16O2/c1-2-11(8-13)9-14-10-12-6-4-3-5-7-12/h2-7,13H,8-10H2,1H3. The Morgan fingerprint density at radius 1 is 1.36 bits per heavy atom. The zero-order valence-corrected chi connectivity index (χ0v) is 8.44. The second-order valence-corrected chi connectivity index (χ2v) is 3.08. The van der Waals surface area contributed by atoms with Crippen LogP contribution in [0.1, 0.15) is 12.5 Å². The molecule has 0 amide bonds. The summed E-state index contributed by atoms with van der Waals surface area (Å²) < 4.78 is 5.44. The molecule has 2 nitrogen and oxygen atoms in total. The van der Waals surface area contributed by atoms with Crippen molar-refractivity contribution >= 4 is 0 Å². The zero-order chi connectivity index (χ0) is 10.2. The van der Waals surface area contributed by atoms with Gasteiger partial charge in [0.1, 0.15) is 0 Å². The van der Waals surface area contributed by atoms with Crippen LogP contribution in [0, 0.1) is 0 Å². The molecule has 0 aliphatic carbocycles. The molecule has 0 spiro atoms. The third kappa shape index (κ3) is 3.73. The number of benzene rings is 1. The third-order valence-corrected chi connectivity index (χ3v) is 2.01. The van der Waals surface area contributed by atoms with E-state index in [0.717, 1.165) is 11.1 Å². The molecule has 0 fully saturated rings. The fourth-order valence-corrected chi connectivity index (χ4v) is 1.09. The maximum absolute atomic E-state index is 8.87. The molecule has 0 saturated carbocycles. The molecule has 1 N–H and O–H groups in total. The number of allylic oxidation sites excluding steroid dienone is 1. The Morgan fingerprint density at radius 2 is 2.07 bits per heavy atom. The van der Waals surface area contributed by atoms with E-state index in [4.69, 9.17) is 9.84 Å². The van der Waals surface area contributed by atoms with Gasteiger partial charge in [-0.05, 0) is 18.1 Å². The molecular weight excluding hydrogens is 176 g/mol. The van der Waals surface area contributed by atoms with Crippen molar-refractivity contribution in [2.45, 2.75) is 13.5 Å². The number of aliphatic hydroxyl groups is 1. The molecule has 2 heteroatoms. The third-order valence-electron chi connectivity index (χ3n) is 2.01. The van der Waals surface area contributed by atoms with Crippen molar-refractivity contribution < 1.29 is 9.84 Å². The molecule has 0 aliphatic rings. The van der Waals surface area contributed by atoms with Crippen molar-refractivity contribution in [1.82, 2.24) is 0 Å². The first kappa shape index (κ1) is 11.0. The minimum atomic E-state index is 0.0747. The lowest BCUT2D eigenvalue weighted by Gasteiger charge is -2.05. The fraction of sp³-hybridized carbons (Fsp3) is 0.333. The lowest BCUT2D eigenvalue weighted by atomic mass is 10.2. The maximum atomic E-state index is 8.87. The minimum Gasteiger partial charge on any atom is -0.392 e. The van der Waals surface area contributed by atoms with Crippen LogP contribution in [0.3, 0.4) is 0 Å². The highest BCUT2D eigenvalue weighted by Crippen LogP contribution is 2.02. The van der Waals surface area contributed by atoms with E-state index < -0.39 is 0 Å². The molecule has 0 bridgehead atoms. The molecule has 0 aromatic heterocycles. The topological polar surface area (TPSA) is 29.5 Å². The molecule has 0 heterocycles. The van der Waals surface area contributed by atoms with Crippen LogP contribution in [0.15, 0.2) is 42.0 Å². The number of aliphatic hydroxyl groups excluding tert-OH is 1. The smallest absolute Gasteiger partial charge is 0.0721 e. The van der Waals surface area contributed by atoms with Gasteiger partial charge < -0.3 is 9.84 Å². The Hall–Kier alpha value is -1.12. The quantitative estimate of drug-likeness (QED) is 0.724. The molecule has 0 radical (unpaired) electrons. The van der Waals surface area contributed by atoms with Gasteiger partial charge in [0.2, 0.25) is 0 Å². The Morgan fingerprint density at radius 3 is 2.64 bits per heavy atom. The summed E-state index contributed by atoms with van der Waals surface area (Å²) in [4.78, 5) is 0. The lowest BCUT2D eigenvalue weighted by molar-refractivity contribution is 0.134. The molecule has 14 heavy (non-hydrogen) atoms. The van der Waals surface area contributed by atoms with Crippen LogP contribution >= 0.6 is 0 Å². The summed E-state index contributed by atoms with van der Waals surface area (Å²) >= 11 is 0. The second kappa shape index (κ2) is 6.35. The summed E-state index contributed by atoms with van der Waals surface area (Å²) in [6, 6.07) is 10.00. The number of hydrogen-bond donors (Lipinski definition) is 1. The van der Waals surface area contributed by atoms with Gasteiger partial charge in [0.05, 0.1) is 19.8 Å². The summed E-state index contributed by atoms with van der Waals surface area (Å²) in [5.41, 5.74) is 2.07. The first-order valence-corrected chi connectivity index (χ1v) is 4.73. The molecule has 1 aromatic carbocycles. The zero-order valence-electron chi connectivity index (χ0n) is 8.44. The predicted octanol–water partition coefficient (Wildman–Crippen LogP) is 2.14. The van der Waals surface area contributed by atoms with Crippen molar-refractivity contribution in [2.24, 2.45) is 0 Å². The minimum absolute atomic E-state index is 0.0747. The maximum Gasteiger partial charge on any atom is 0.0721 e. The fourth-order valence-electron chi connectivity index (χ4n) is 1.09. The summed E-state index contributed by atoms with van der Waals surface area (Å²) in [7, 11) is 0. The summed E-state index contributed by atoms with van der Waals surface area (Å²) in [5.74, 6) is 0. The Labute approximate surface area is 84.8 Å². The monoisotopic (exact) mass is 192 g/mol. The van der Waals surface area contributed by atoms with Crippen molar-refractivity contribution in [2.75, 3.05) is 13.2 Å². The van der Waals surface area contributed by atoms with E-state index in [1.807, 2.05) is 43.3 Å². The van der Waals surface area contributed by atoms with Crippen LogP contribution in [0.5, 0.6) is 0 Å². The Balaban J connectivity index is 2.29. The number of hydrogen-bond acceptors (Lipinski definition) is 2. The van der Waals surface area contributed by atoms with Crippen LogP contribution in [-0.2, 0) is 11.3 Å². The molecule has 76 valence electrons. The highest BCUT2D eigenvalue weighted by Gasteiger charge is 1.95. The molecule has 0 saturated heterocycles. The number of rotatable bonds is 5. The average Bonchev–Trinajstić information content (AvgIpc) is 2.26. The SMILES string of the molecule is CC=C(CO)COCc1ccccc1. The molecule has 0 atom stereocenters. The van der Waals surface area contributed by atoms with E-state index in [1.54, 1.807) is 0 Å². The van der Waals surface area contributed by atoms with E-state index in [0.29, 0.717) is 13.2 Å². The van der Waals surface area contributed by atoms with Crippen molar-refractivity contribution in [3.8, 4) is 0 Å². The van der Waals surface area contributed by atoms with Crippen LogP contribution in [0.4, 0.5) is 0 Å². The van der Waals surface area contributed by atoms with Crippen molar-refractivity contribution in [3.63, 3.8) is 0 Å². The summed E-state index contributed by atoms with van der Waals surface area (Å²) in [6.07, 6.45) is 1.88. The molecule has 1 aromatic rings. The van der Waals surface area contributed by atoms with Gasteiger partial charge in [-0.3, -0.25) is 0 Å². The van der Waals surface area contributed by atoms with E-state index in [-0.39, 0.29) is 6.61 Å². The summed E-state index contributed by atoms with van der Waals surface area (Å²) in [5, 5.41) is 8.87. The van der Waals surface area contributed by atoms with Crippen LogP contribution in [-0.4, -0.2) is 18.3 Å². The van der Waals surface area contributed by atoms with Gasteiger partial charge in [-0.1, -0.05) is 36.4 Å². The molecular formula is C12H16O2. The van der Waals surface area contributed by atoms with Gasteiger partial charge in [-0.15, -0.1) is 0 Å². The van der Waals surface area contributed by atoms with Gasteiger partial charge in [0.15, 0.2) is 0 Å². The molecule has 0 unspecified atom stereocenters. The predicted molar refractivity (Wildman–Crippen MR) is 56.9 cm³/mol. The number of ether oxygens (including phenoxy) is 1. The average molecular weight is 192 g/mol. The van der Waals surface area contributed by atoms with E-state index >= 15 is 0 Å².